The van der Waals surface area contributed by atoms with Gasteiger partial charge in [0.25, 0.3) is 0 Å². The lowest BCUT2D eigenvalue weighted by molar-refractivity contribution is -0.0476. The summed E-state index contributed by atoms with van der Waals surface area (Å²) in [7, 11) is -11.3. The van der Waals surface area contributed by atoms with Crippen molar-refractivity contribution >= 4 is 20.0 Å². The Balaban J connectivity index is 0.000000496. The number of aromatic nitrogens is 2. The van der Waals surface area contributed by atoms with E-state index in [9.17, 15) is 43.2 Å². The van der Waals surface area contributed by atoms with Crippen LogP contribution in [0.2, 0.25) is 0 Å². The zero-order chi connectivity index (χ0) is 19.6. The van der Waals surface area contributed by atoms with E-state index in [2.05, 4.69) is 4.98 Å². The van der Waals surface area contributed by atoms with Gasteiger partial charge in [-0.1, -0.05) is 4.13 Å². The number of hydrogen-bond donors (Lipinski definition) is 2. The zero-order valence-corrected chi connectivity index (χ0v) is 13.6. The van der Waals surface area contributed by atoms with E-state index in [0.717, 1.165) is 5.82 Å². The molecule has 0 saturated carbocycles. The van der Waals surface area contributed by atoms with Gasteiger partial charge in [0.05, 0.1) is 6.04 Å². The first kappa shape index (κ1) is 22.6. The molecule has 0 saturated heterocycles. The molecule has 0 aliphatic rings. The van der Waals surface area contributed by atoms with Crippen molar-refractivity contribution in [3.63, 3.8) is 0 Å². The molecule has 8 nitrogen and oxygen atoms in total. The van der Waals surface area contributed by atoms with E-state index >= 15 is 0 Å². The van der Waals surface area contributed by atoms with Gasteiger partial charge in [0.2, 0.25) is 0 Å². The molecule has 0 bridgehead atoms. The predicted molar refractivity (Wildman–Crippen MR) is 68.9 cm³/mol. The Morgan fingerprint density at radius 3 is 1.62 bits per heavy atom. The van der Waals surface area contributed by atoms with Crippen LogP contribution in [0.1, 0.15) is 18.8 Å². The number of halogens is 6. The standard InChI is InChI=1S/C6H11N3.C2HF6NO4S2/c1-5(7)6-8-3-4-9(6)2;3-1(4,5)14(10,11)9-15(12,13)2(6,7)8/h3-5H,7H2,1-2H3;9H. The van der Waals surface area contributed by atoms with Crippen LogP contribution in [0.5, 0.6) is 0 Å². The van der Waals surface area contributed by atoms with Crippen LogP contribution in [0.25, 0.3) is 0 Å². The number of aryl methyl sites for hydroxylation is 1. The van der Waals surface area contributed by atoms with Crippen LogP contribution in [0.15, 0.2) is 12.4 Å². The molecule has 1 atom stereocenters. The fourth-order valence-corrected chi connectivity index (χ4v) is 2.97. The molecule has 0 fully saturated rings. The minimum atomic E-state index is -6.60. The van der Waals surface area contributed by atoms with E-state index < -0.39 is 35.2 Å². The highest BCUT2D eigenvalue weighted by Crippen LogP contribution is 2.27. The summed E-state index contributed by atoms with van der Waals surface area (Å²) in [5.74, 6) is 0.926. The lowest BCUT2D eigenvalue weighted by atomic mass is 10.3. The van der Waals surface area contributed by atoms with E-state index in [1.807, 2.05) is 24.7 Å². The molecule has 1 unspecified atom stereocenters. The first-order valence-electron chi connectivity index (χ1n) is 5.56. The quantitative estimate of drug-likeness (QED) is 0.713. The molecule has 0 aliphatic heterocycles. The molecule has 16 heteroatoms. The zero-order valence-electron chi connectivity index (χ0n) is 11.9. The molecule has 1 aromatic rings. The van der Waals surface area contributed by atoms with E-state index in [1.54, 1.807) is 6.20 Å². The second-order valence-corrected chi connectivity index (χ2v) is 7.77. The van der Waals surface area contributed by atoms with Gasteiger partial charge in [0.15, 0.2) is 0 Å². The molecule has 0 spiro atoms. The van der Waals surface area contributed by atoms with Crippen molar-refractivity contribution < 1.29 is 43.2 Å². The molecule has 0 amide bonds. The Morgan fingerprint density at radius 2 is 1.46 bits per heavy atom. The van der Waals surface area contributed by atoms with Gasteiger partial charge in [-0.25, -0.2) is 21.8 Å². The Bertz CT molecular complexity index is 708. The fraction of sp³-hybridized carbons (Fsp3) is 0.625. The van der Waals surface area contributed by atoms with Crippen molar-refractivity contribution in [1.82, 2.24) is 13.7 Å². The lowest BCUT2D eigenvalue weighted by Gasteiger charge is -2.11. The largest absolute Gasteiger partial charge is 0.512 e. The molecule has 142 valence electrons. The monoisotopic (exact) mass is 406 g/mol. The molecular formula is C8H12F6N4O4S2. The average molecular weight is 406 g/mol. The van der Waals surface area contributed by atoms with Gasteiger partial charge in [-0.2, -0.15) is 26.3 Å². The summed E-state index contributed by atoms with van der Waals surface area (Å²) in [4.78, 5) is 4.05. The lowest BCUT2D eigenvalue weighted by Crippen LogP contribution is -2.45. The first-order valence-corrected chi connectivity index (χ1v) is 8.53. The Kier molecular flexibility index (Phi) is 6.82. The van der Waals surface area contributed by atoms with E-state index in [0.29, 0.717) is 0 Å². The summed E-state index contributed by atoms with van der Waals surface area (Å²) in [6.45, 7) is 1.92. The number of nitrogens with two attached hydrogens (primary N) is 1. The molecule has 24 heavy (non-hydrogen) atoms. The molecule has 0 radical (unpaired) electrons. The number of imidazole rings is 1. The number of rotatable bonds is 3. The van der Waals surface area contributed by atoms with Crippen LogP contribution in [-0.2, 0) is 27.1 Å². The summed E-state index contributed by atoms with van der Waals surface area (Å²) in [6.07, 6.45) is 3.64. The van der Waals surface area contributed by atoms with Crippen molar-refractivity contribution in [2.75, 3.05) is 0 Å². The molecule has 3 N–H and O–H groups in total. The fourth-order valence-electron chi connectivity index (χ4n) is 1.05. The summed E-state index contributed by atoms with van der Waals surface area (Å²) < 4.78 is 110. The highest BCUT2D eigenvalue weighted by molar-refractivity contribution is 8.05. The second kappa shape index (κ2) is 7.24. The van der Waals surface area contributed by atoms with Crippen LogP contribution < -0.4 is 9.86 Å². The maximum atomic E-state index is 11.5. The molecule has 1 aromatic heterocycles. The summed E-state index contributed by atoms with van der Waals surface area (Å²) in [5, 5.41) is 0. The highest BCUT2D eigenvalue weighted by atomic mass is 32.3. The maximum Gasteiger partial charge on any atom is 0.512 e. The molecule has 0 aliphatic carbocycles. The minimum absolute atomic E-state index is 0.0324. The summed E-state index contributed by atoms with van der Waals surface area (Å²) >= 11 is 0. The molecule has 0 aromatic carbocycles. The number of nitrogens with zero attached hydrogens (tertiary/aromatic N) is 2. The van der Waals surface area contributed by atoms with Crippen LogP contribution in [0.4, 0.5) is 26.3 Å². The number of nitrogens with one attached hydrogen (secondary N) is 1. The van der Waals surface area contributed by atoms with Gasteiger partial charge in [-0.05, 0) is 6.92 Å². The van der Waals surface area contributed by atoms with Gasteiger partial charge in [0.1, 0.15) is 5.82 Å². The number of hydrogen-bond acceptors (Lipinski definition) is 6. The second-order valence-electron chi connectivity index (χ2n) is 4.17. The predicted octanol–water partition coefficient (Wildman–Crippen LogP) is 0.715. The van der Waals surface area contributed by atoms with Gasteiger partial charge >= 0.3 is 31.1 Å². The molecular weight excluding hydrogens is 394 g/mol. The summed E-state index contributed by atoms with van der Waals surface area (Å²) in [6, 6.07) is 0.0324. The number of sulfonamides is 2. The van der Waals surface area contributed by atoms with Crippen molar-refractivity contribution in [3.8, 4) is 0 Å². The molecule has 1 rings (SSSR count). The van der Waals surface area contributed by atoms with Gasteiger partial charge in [0, 0.05) is 19.4 Å². The van der Waals surface area contributed by atoms with Crippen LogP contribution in [0.3, 0.4) is 0 Å². The Labute approximate surface area is 132 Å². The Morgan fingerprint density at radius 1 is 1.08 bits per heavy atom. The van der Waals surface area contributed by atoms with Crippen LogP contribution in [0, 0.1) is 0 Å². The van der Waals surface area contributed by atoms with Crippen molar-refractivity contribution in [2.45, 2.75) is 24.0 Å². The van der Waals surface area contributed by atoms with Gasteiger partial charge in [-0.15, -0.1) is 0 Å². The van der Waals surface area contributed by atoms with E-state index in [4.69, 9.17) is 5.73 Å². The SMILES string of the molecule is CC(N)c1nccn1C.O=S(=O)(NS(=O)(=O)C(F)(F)F)C(F)(F)F. The van der Waals surface area contributed by atoms with E-state index in [1.165, 1.54) is 0 Å². The van der Waals surface area contributed by atoms with Crippen molar-refractivity contribution in [2.24, 2.45) is 12.8 Å². The number of alkyl halides is 6. The van der Waals surface area contributed by atoms with Gasteiger partial charge < -0.3 is 10.3 Å². The maximum absolute atomic E-state index is 11.5. The van der Waals surface area contributed by atoms with Crippen molar-refractivity contribution in [1.29, 1.82) is 0 Å². The summed E-state index contributed by atoms with van der Waals surface area (Å²) in [5.41, 5.74) is -6.72. The molecule has 1 heterocycles. The topological polar surface area (TPSA) is 124 Å². The van der Waals surface area contributed by atoms with Crippen molar-refractivity contribution in [3.05, 3.63) is 18.2 Å². The van der Waals surface area contributed by atoms with Gasteiger partial charge in [-0.3, -0.25) is 0 Å². The average Bonchev–Trinajstić information content (AvgIpc) is 2.71. The van der Waals surface area contributed by atoms with Crippen LogP contribution >= 0.6 is 0 Å². The third-order valence-electron chi connectivity index (χ3n) is 2.09. The minimum Gasteiger partial charge on any atom is -0.337 e. The Hall–Kier alpha value is -1.39. The normalized spacial score (nSPS) is 14.7. The van der Waals surface area contributed by atoms with E-state index in [-0.39, 0.29) is 6.04 Å². The van der Waals surface area contributed by atoms with Crippen LogP contribution in [-0.4, -0.2) is 37.4 Å². The first-order chi connectivity index (χ1) is 10.4. The smallest absolute Gasteiger partial charge is 0.337 e. The third-order valence-corrected chi connectivity index (χ3v) is 5.07. The highest BCUT2D eigenvalue weighted by Gasteiger charge is 2.55. The third kappa shape index (κ3) is 5.91.